The Morgan fingerprint density at radius 2 is 1.86 bits per heavy atom. The third-order valence-electron chi connectivity index (χ3n) is 5.08. The molecule has 1 N–H and O–H groups in total. The Morgan fingerprint density at radius 3 is 2.57 bits per heavy atom. The molecule has 0 atom stereocenters. The molecule has 144 valence electrons. The lowest BCUT2D eigenvalue weighted by Gasteiger charge is -2.25. The average molecular weight is 380 g/mol. The highest BCUT2D eigenvalue weighted by atomic mass is 19.1. The number of halogens is 1. The van der Waals surface area contributed by atoms with E-state index in [4.69, 9.17) is 4.74 Å². The molecule has 0 bridgehead atoms. The van der Waals surface area contributed by atoms with Crippen molar-refractivity contribution in [1.29, 1.82) is 0 Å². The Kier molecular flexibility index (Phi) is 4.77. The molecule has 0 fully saturated rings. The molecule has 4 rings (SSSR count). The molecule has 1 aliphatic heterocycles. The second-order valence-corrected chi connectivity index (χ2v) is 6.80. The van der Waals surface area contributed by atoms with Gasteiger partial charge in [0.1, 0.15) is 5.75 Å². The summed E-state index contributed by atoms with van der Waals surface area (Å²) in [6.45, 7) is 0.902. The summed E-state index contributed by atoms with van der Waals surface area (Å²) in [7, 11) is 1.40. The number of phenolic OH excluding ortho intramolecular Hbond substituents is 1. The van der Waals surface area contributed by atoms with Crippen LogP contribution in [0.2, 0.25) is 0 Å². The van der Waals surface area contributed by atoms with Gasteiger partial charge in [-0.1, -0.05) is 0 Å². The zero-order valence-corrected chi connectivity index (χ0v) is 15.6. The van der Waals surface area contributed by atoms with Crippen molar-refractivity contribution in [2.24, 2.45) is 0 Å². The molecule has 28 heavy (non-hydrogen) atoms. The molecule has 3 aromatic rings. The van der Waals surface area contributed by atoms with E-state index in [0.717, 1.165) is 31.5 Å². The van der Waals surface area contributed by atoms with Crippen molar-refractivity contribution in [3.8, 4) is 11.5 Å². The van der Waals surface area contributed by atoms with Crippen molar-refractivity contribution in [2.75, 3.05) is 12.0 Å². The maximum Gasteiger partial charge on any atom is 0.264 e. The van der Waals surface area contributed by atoms with Gasteiger partial charge in [-0.05, 0) is 61.7 Å². The molecular formula is C22H21FN2O3. The van der Waals surface area contributed by atoms with Crippen molar-refractivity contribution in [3.63, 3.8) is 0 Å². The summed E-state index contributed by atoms with van der Waals surface area (Å²) >= 11 is 0. The van der Waals surface area contributed by atoms with Crippen LogP contribution in [0, 0.1) is 5.82 Å². The number of carbonyl (C=O) groups excluding carboxylic acids is 1. The maximum atomic E-state index is 14.4. The number of rotatable bonds is 4. The Labute approximate surface area is 162 Å². The number of benzene rings is 2. The molecule has 2 aromatic carbocycles. The number of hydrogen-bond acceptors (Lipinski definition) is 3. The first-order chi connectivity index (χ1) is 13.6. The summed E-state index contributed by atoms with van der Waals surface area (Å²) in [6.07, 6.45) is 4.92. The number of hydrogen-bond donors (Lipinski definition) is 1. The zero-order chi connectivity index (χ0) is 19.7. The lowest BCUT2D eigenvalue weighted by molar-refractivity contribution is 0.0998. The largest absolute Gasteiger partial charge is 0.508 e. The van der Waals surface area contributed by atoms with E-state index in [9.17, 15) is 14.3 Å². The van der Waals surface area contributed by atoms with Crippen LogP contribution in [0.5, 0.6) is 11.5 Å². The Balaban J connectivity index is 1.81. The number of ether oxygens (including phenoxy) is 1. The average Bonchev–Trinajstić information content (AvgIpc) is 3.14. The number of carbonyl (C=O) groups is 1. The highest BCUT2D eigenvalue weighted by Gasteiger charge is 2.26. The number of fused-ring (bicyclic) bond motifs is 1. The van der Waals surface area contributed by atoms with Gasteiger partial charge in [0.25, 0.3) is 5.91 Å². The van der Waals surface area contributed by atoms with Gasteiger partial charge in [-0.3, -0.25) is 9.69 Å². The molecule has 6 heteroatoms. The topological polar surface area (TPSA) is 54.7 Å². The summed E-state index contributed by atoms with van der Waals surface area (Å²) < 4.78 is 21.5. The third kappa shape index (κ3) is 3.22. The van der Waals surface area contributed by atoms with Crippen LogP contribution in [0.25, 0.3) is 0 Å². The van der Waals surface area contributed by atoms with Crippen molar-refractivity contribution in [2.45, 2.75) is 25.8 Å². The number of aromatic hydroxyl groups is 1. The number of aryl methyl sites for hydroxylation is 1. The van der Waals surface area contributed by atoms with Gasteiger partial charge in [0, 0.05) is 30.2 Å². The number of nitrogens with zero attached hydrogens (tertiary/aromatic N) is 2. The fourth-order valence-corrected chi connectivity index (χ4v) is 3.66. The van der Waals surface area contributed by atoms with Crippen LogP contribution in [-0.4, -0.2) is 22.7 Å². The number of aromatic nitrogens is 1. The minimum Gasteiger partial charge on any atom is -0.508 e. The molecular weight excluding hydrogens is 359 g/mol. The first kappa shape index (κ1) is 18.1. The van der Waals surface area contributed by atoms with E-state index in [1.165, 1.54) is 36.3 Å². The number of phenols is 1. The molecule has 1 aromatic heterocycles. The third-order valence-corrected chi connectivity index (χ3v) is 5.08. The van der Waals surface area contributed by atoms with Gasteiger partial charge < -0.3 is 14.4 Å². The van der Waals surface area contributed by atoms with E-state index in [0.29, 0.717) is 16.9 Å². The van der Waals surface area contributed by atoms with Gasteiger partial charge in [-0.15, -0.1) is 0 Å². The SMILES string of the molecule is COc1ccc(N(C(=O)c2ccn3c2CCCC3)c2ccc(O)cc2)cc1F. The Morgan fingerprint density at radius 1 is 1.11 bits per heavy atom. The molecule has 1 amide bonds. The van der Waals surface area contributed by atoms with Crippen LogP contribution in [0.3, 0.4) is 0 Å². The number of anilines is 2. The van der Waals surface area contributed by atoms with E-state index in [2.05, 4.69) is 4.57 Å². The van der Waals surface area contributed by atoms with Crippen molar-refractivity contribution in [3.05, 3.63) is 71.8 Å². The van der Waals surface area contributed by atoms with E-state index in [1.54, 1.807) is 18.2 Å². The van der Waals surface area contributed by atoms with Crippen molar-refractivity contribution < 1.29 is 19.0 Å². The van der Waals surface area contributed by atoms with Crippen LogP contribution >= 0.6 is 0 Å². The molecule has 2 heterocycles. The lowest BCUT2D eigenvalue weighted by atomic mass is 10.1. The summed E-state index contributed by atoms with van der Waals surface area (Å²) in [5, 5.41) is 9.62. The molecule has 0 spiro atoms. The van der Waals surface area contributed by atoms with E-state index in [1.807, 2.05) is 12.3 Å². The van der Waals surface area contributed by atoms with Crippen LogP contribution in [0.1, 0.15) is 28.9 Å². The second kappa shape index (κ2) is 7.38. The summed E-state index contributed by atoms with van der Waals surface area (Å²) in [5.41, 5.74) is 2.56. The van der Waals surface area contributed by atoms with E-state index in [-0.39, 0.29) is 17.4 Å². The molecule has 0 saturated heterocycles. The minimum absolute atomic E-state index is 0.0957. The van der Waals surface area contributed by atoms with Gasteiger partial charge in [-0.25, -0.2) is 4.39 Å². The Bertz CT molecular complexity index is 1010. The standard InChI is InChI=1S/C22H21FN2O3/c1-28-21-10-7-16(14-19(21)23)25(15-5-8-17(26)9-6-15)22(27)18-11-13-24-12-3-2-4-20(18)24/h5-11,13-14,26H,2-4,12H2,1H3. The fraction of sp³-hybridized carbons (Fsp3) is 0.227. The molecule has 5 nitrogen and oxygen atoms in total. The molecule has 1 aliphatic rings. The van der Waals surface area contributed by atoms with Crippen molar-refractivity contribution in [1.82, 2.24) is 4.57 Å². The van der Waals surface area contributed by atoms with Gasteiger partial charge in [0.2, 0.25) is 0 Å². The van der Waals surface area contributed by atoms with Gasteiger partial charge >= 0.3 is 0 Å². The van der Waals surface area contributed by atoms with Gasteiger partial charge in [0.15, 0.2) is 11.6 Å². The summed E-state index contributed by atoms with van der Waals surface area (Å²) in [5.74, 6) is -0.567. The smallest absolute Gasteiger partial charge is 0.264 e. The first-order valence-corrected chi connectivity index (χ1v) is 9.23. The monoisotopic (exact) mass is 380 g/mol. The predicted octanol–water partition coefficient (Wildman–Crippen LogP) is 4.66. The quantitative estimate of drug-likeness (QED) is 0.716. The maximum absolute atomic E-state index is 14.4. The zero-order valence-electron chi connectivity index (χ0n) is 15.6. The number of methoxy groups -OCH3 is 1. The van der Waals surface area contributed by atoms with E-state index < -0.39 is 5.82 Å². The molecule has 0 radical (unpaired) electrons. The molecule has 0 saturated carbocycles. The van der Waals surface area contributed by atoms with Crippen LogP contribution in [-0.2, 0) is 13.0 Å². The van der Waals surface area contributed by atoms with Gasteiger partial charge in [0.05, 0.1) is 18.4 Å². The second-order valence-electron chi connectivity index (χ2n) is 6.80. The van der Waals surface area contributed by atoms with Gasteiger partial charge in [-0.2, -0.15) is 0 Å². The number of amides is 1. The summed E-state index contributed by atoms with van der Waals surface area (Å²) in [6, 6.07) is 12.5. The molecule has 0 unspecified atom stereocenters. The fourth-order valence-electron chi connectivity index (χ4n) is 3.66. The lowest BCUT2D eigenvalue weighted by Crippen LogP contribution is -2.27. The summed E-state index contributed by atoms with van der Waals surface area (Å²) in [4.78, 5) is 15.0. The van der Waals surface area contributed by atoms with Crippen LogP contribution in [0.4, 0.5) is 15.8 Å². The van der Waals surface area contributed by atoms with Crippen LogP contribution in [0.15, 0.2) is 54.7 Å². The normalized spacial score (nSPS) is 13.1. The van der Waals surface area contributed by atoms with Crippen LogP contribution < -0.4 is 9.64 Å². The van der Waals surface area contributed by atoms with Crippen molar-refractivity contribution >= 4 is 17.3 Å². The highest BCUT2D eigenvalue weighted by molar-refractivity contribution is 6.11. The molecule has 0 aliphatic carbocycles. The minimum atomic E-state index is -0.546. The van der Waals surface area contributed by atoms with E-state index >= 15 is 0 Å². The Hall–Kier alpha value is -3.28. The predicted molar refractivity (Wildman–Crippen MR) is 105 cm³/mol. The highest BCUT2D eigenvalue weighted by Crippen LogP contribution is 2.33. The first-order valence-electron chi connectivity index (χ1n) is 9.23.